The highest BCUT2D eigenvalue weighted by Gasteiger charge is 2.38. The average Bonchev–Trinajstić information content (AvgIpc) is 3.13. The van der Waals surface area contributed by atoms with Crippen LogP contribution in [0.5, 0.6) is 11.6 Å². The van der Waals surface area contributed by atoms with E-state index >= 15 is 0 Å². The first kappa shape index (κ1) is 28.5. The summed E-state index contributed by atoms with van der Waals surface area (Å²) in [5.74, 6) is -1.31. The summed E-state index contributed by atoms with van der Waals surface area (Å²) in [5.41, 5.74) is -1.13. The number of nitrogens with one attached hydrogen (secondary N) is 1. The van der Waals surface area contributed by atoms with Gasteiger partial charge in [0.25, 0.3) is 5.91 Å². The van der Waals surface area contributed by atoms with E-state index in [1.165, 1.54) is 23.7 Å². The molecular weight excluding hydrogens is 533 g/mol. The number of rotatable bonds is 7. The number of hydrogen-bond acceptors (Lipinski definition) is 6. The Morgan fingerprint density at radius 2 is 1.76 bits per heavy atom. The summed E-state index contributed by atoms with van der Waals surface area (Å²) < 4.78 is 71.8. The summed E-state index contributed by atoms with van der Waals surface area (Å²) in [5, 5.41) is 6.40. The van der Waals surface area contributed by atoms with Crippen LogP contribution in [0.25, 0.3) is 0 Å². The summed E-state index contributed by atoms with van der Waals surface area (Å²) in [6.45, 7) is 8.38. The molecule has 0 atom stereocenters. The third kappa shape index (κ3) is 6.24. The minimum atomic E-state index is -4.80. The Morgan fingerprint density at radius 1 is 1.14 bits per heavy atom. The van der Waals surface area contributed by atoms with E-state index in [1.807, 2.05) is 0 Å². The van der Waals surface area contributed by atoms with Gasteiger partial charge in [0.05, 0.1) is 27.4 Å². The van der Waals surface area contributed by atoms with E-state index < -0.39 is 43.8 Å². The van der Waals surface area contributed by atoms with E-state index in [0.717, 1.165) is 12.4 Å². The van der Waals surface area contributed by atoms with Crippen LogP contribution >= 0.6 is 11.6 Å². The van der Waals surface area contributed by atoms with Gasteiger partial charge in [0.15, 0.2) is 21.3 Å². The molecule has 37 heavy (non-hydrogen) atoms. The quantitative estimate of drug-likeness (QED) is 0.409. The molecule has 0 aliphatic carbocycles. The summed E-state index contributed by atoms with van der Waals surface area (Å²) in [7, 11) is -3.35. The van der Waals surface area contributed by atoms with Crippen LogP contribution in [0.15, 0.2) is 41.6 Å². The Hall–Kier alpha value is -3.12. The molecular formula is C24H26ClF3N4O4S. The number of benzene rings is 1. The van der Waals surface area contributed by atoms with Crippen LogP contribution < -0.4 is 10.1 Å². The normalized spacial score (nSPS) is 12.5. The number of carbonyl (C=O) groups is 1. The maximum atomic E-state index is 13.6. The van der Waals surface area contributed by atoms with E-state index in [2.05, 4.69) is 15.4 Å². The van der Waals surface area contributed by atoms with Gasteiger partial charge in [-0.15, -0.1) is 0 Å². The molecule has 200 valence electrons. The Morgan fingerprint density at radius 3 is 2.30 bits per heavy atom. The Kier molecular flexibility index (Phi) is 7.94. The molecule has 3 aromatic rings. The maximum absolute atomic E-state index is 13.6. The topological polar surface area (TPSA) is 103 Å². The average molecular weight is 559 g/mol. The van der Waals surface area contributed by atoms with Gasteiger partial charge < -0.3 is 10.1 Å². The second kappa shape index (κ2) is 10.3. The Balaban J connectivity index is 1.91. The molecule has 0 aliphatic rings. The first-order chi connectivity index (χ1) is 17.1. The molecule has 0 saturated carbocycles. The number of amides is 1. The highest BCUT2D eigenvalue weighted by atomic mass is 35.5. The molecule has 0 saturated heterocycles. The van der Waals surface area contributed by atoms with Crippen LogP contribution in [-0.4, -0.2) is 34.8 Å². The van der Waals surface area contributed by atoms with Crippen molar-refractivity contribution >= 4 is 27.3 Å². The van der Waals surface area contributed by atoms with Crippen molar-refractivity contribution in [2.45, 2.75) is 57.8 Å². The lowest BCUT2D eigenvalue weighted by molar-refractivity contribution is -0.138. The number of sulfone groups is 1. The van der Waals surface area contributed by atoms with Gasteiger partial charge >= 0.3 is 6.18 Å². The smallest absolute Gasteiger partial charge is 0.421 e. The molecule has 1 N–H and O–H groups in total. The predicted octanol–water partition coefficient (Wildman–Crippen LogP) is 5.53. The largest absolute Gasteiger partial charge is 0.437 e. The van der Waals surface area contributed by atoms with Crippen LogP contribution in [0.1, 0.15) is 54.9 Å². The summed E-state index contributed by atoms with van der Waals surface area (Å²) >= 11 is 5.77. The van der Waals surface area contributed by atoms with E-state index in [4.69, 9.17) is 16.3 Å². The van der Waals surface area contributed by atoms with Crippen LogP contribution in [0.3, 0.4) is 0 Å². The van der Waals surface area contributed by atoms with Crippen molar-refractivity contribution in [2.75, 3.05) is 5.75 Å². The molecule has 8 nitrogen and oxygen atoms in total. The van der Waals surface area contributed by atoms with E-state index in [9.17, 15) is 26.4 Å². The van der Waals surface area contributed by atoms with Gasteiger partial charge in [-0.3, -0.25) is 9.78 Å². The lowest BCUT2D eigenvalue weighted by Crippen LogP contribution is -2.26. The standard InChI is InChI=1S/C24H26ClF3N4O4S/c1-6-37(34,35)16-9-7-15(8-10-16)11-30-21(33)20-14(2)22(32(31-20)23(3,4)5)36-18-13-29-12-17(25)19(18)24(26,27)28/h7-10,12-13H,6,11H2,1-5H3,(H,30,33). The van der Waals surface area contributed by atoms with Crippen molar-refractivity contribution in [3.63, 3.8) is 0 Å². The van der Waals surface area contributed by atoms with Crippen LogP contribution in [0.2, 0.25) is 5.02 Å². The van der Waals surface area contributed by atoms with Crippen molar-refractivity contribution in [1.82, 2.24) is 20.1 Å². The van der Waals surface area contributed by atoms with Crippen molar-refractivity contribution in [1.29, 1.82) is 0 Å². The Labute approximate surface area is 217 Å². The monoisotopic (exact) mass is 558 g/mol. The van der Waals surface area contributed by atoms with Gasteiger partial charge in [-0.25, -0.2) is 13.1 Å². The molecule has 0 unspecified atom stereocenters. The van der Waals surface area contributed by atoms with Gasteiger partial charge in [0, 0.05) is 18.3 Å². The second-order valence-corrected chi connectivity index (χ2v) is 11.9. The molecule has 3 rings (SSSR count). The maximum Gasteiger partial charge on any atom is 0.421 e. The number of ether oxygens (including phenoxy) is 1. The molecule has 0 radical (unpaired) electrons. The summed E-state index contributed by atoms with van der Waals surface area (Å²) in [6, 6.07) is 6.10. The number of alkyl halides is 3. The molecule has 0 fully saturated rings. The van der Waals surface area contributed by atoms with Crippen molar-refractivity contribution in [3.05, 3.63) is 64.1 Å². The fourth-order valence-corrected chi connectivity index (χ4v) is 4.53. The molecule has 13 heteroatoms. The molecule has 2 aromatic heterocycles. The number of aromatic nitrogens is 3. The second-order valence-electron chi connectivity index (χ2n) is 9.19. The SMILES string of the molecule is CCS(=O)(=O)c1ccc(CNC(=O)c2nn(C(C)(C)C)c(Oc3cncc(Cl)c3C(F)(F)F)c2C)cc1. The van der Waals surface area contributed by atoms with Gasteiger partial charge in [-0.2, -0.15) is 18.3 Å². The van der Waals surface area contributed by atoms with Crippen molar-refractivity contribution in [3.8, 4) is 11.6 Å². The third-order valence-electron chi connectivity index (χ3n) is 5.39. The summed E-state index contributed by atoms with van der Waals surface area (Å²) in [4.78, 5) is 16.9. The molecule has 0 bridgehead atoms. The van der Waals surface area contributed by atoms with E-state index in [-0.39, 0.29) is 34.3 Å². The van der Waals surface area contributed by atoms with Crippen molar-refractivity contribution in [2.24, 2.45) is 0 Å². The van der Waals surface area contributed by atoms with Gasteiger partial charge in [-0.05, 0) is 45.4 Å². The first-order valence-electron chi connectivity index (χ1n) is 11.1. The van der Waals surface area contributed by atoms with Gasteiger partial charge in [-0.1, -0.05) is 30.7 Å². The van der Waals surface area contributed by atoms with Crippen molar-refractivity contribution < 1.29 is 31.1 Å². The number of halogens is 4. The number of pyridine rings is 1. The molecule has 2 heterocycles. The fraction of sp³-hybridized carbons (Fsp3) is 0.375. The van der Waals surface area contributed by atoms with E-state index in [0.29, 0.717) is 5.56 Å². The minimum Gasteiger partial charge on any atom is -0.437 e. The zero-order chi connectivity index (χ0) is 27.8. The van der Waals surface area contributed by atoms with Crippen LogP contribution in [0, 0.1) is 6.92 Å². The first-order valence-corrected chi connectivity index (χ1v) is 13.2. The minimum absolute atomic E-state index is 0.0289. The molecule has 1 aromatic carbocycles. The zero-order valence-corrected chi connectivity index (χ0v) is 22.3. The number of nitrogens with zero attached hydrogens (tertiary/aromatic N) is 3. The molecule has 0 aliphatic heterocycles. The van der Waals surface area contributed by atoms with Crippen LogP contribution in [-0.2, 0) is 28.1 Å². The fourth-order valence-electron chi connectivity index (χ4n) is 3.39. The lowest BCUT2D eigenvalue weighted by atomic mass is 10.1. The van der Waals surface area contributed by atoms with Gasteiger partial charge in [0.2, 0.25) is 5.88 Å². The molecule has 0 spiro atoms. The summed E-state index contributed by atoms with van der Waals surface area (Å²) in [6.07, 6.45) is -3.04. The van der Waals surface area contributed by atoms with Gasteiger partial charge in [0.1, 0.15) is 5.56 Å². The zero-order valence-electron chi connectivity index (χ0n) is 20.8. The predicted molar refractivity (Wildman–Crippen MR) is 132 cm³/mol. The number of hydrogen-bond donors (Lipinski definition) is 1. The highest BCUT2D eigenvalue weighted by molar-refractivity contribution is 7.91. The van der Waals surface area contributed by atoms with Crippen LogP contribution in [0.4, 0.5) is 13.2 Å². The Bertz CT molecular complexity index is 1410. The lowest BCUT2D eigenvalue weighted by Gasteiger charge is -2.23. The highest BCUT2D eigenvalue weighted by Crippen LogP contribution is 2.43. The third-order valence-corrected chi connectivity index (χ3v) is 7.43. The number of carbonyl (C=O) groups excluding carboxylic acids is 1. The van der Waals surface area contributed by atoms with E-state index in [1.54, 1.807) is 39.8 Å². The molecule has 1 amide bonds.